The summed E-state index contributed by atoms with van der Waals surface area (Å²) >= 11 is 0. The van der Waals surface area contributed by atoms with Crippen LogP contribution in [0.5, 0.6) is 0 Å². The Hall–Kier alpha value is -1.63. The van der Waals surface area contributed by atoms with E-state index in [1.165, 1.54) is 0 Å². The first-order valence-electron chi connectivity index (χ1n) is 11.2. The molecule has 0 spiro atoms. The average molecular weight is 475 g/mol. The number of ether oxygens (including phenoxy) is 8. The second-order valence-corrected chi connectivity index (χ2v) is 6.66. The Morgan fingerprint density at radius 2 is 0.848 bits per heavy atom. The monoisotopic (exact) mass is 474 g/mol. The maximum absolute atomic E-state index is 10.2. The molecule has 1 aromatic rings. The second-order valence-electron chi connectivity index (χ2n) is 6.66. The molecule has 10 heteroatoms. The summed E-state index contributed by atoms with van der Waals surface area (Å²) in [6, 6.07) is 10.0. The van der Waals surface area contributed by atoms with Gasteiger partial charge < -0.3 is 43.0 Å². The van der Waals surface area contributed by atoms with Gasteiger partial charge in [-0.1, -0.05) is 30.3 Å². The van der Waals surface area contributed by atoms with Gasteiger partial charge >= 0.3 is 5.97 Å². The van der Waals surface area contributed by atoms with Gasteiger partial charge in [0.2, 0.25) is 0 Å². The third-order valence-electron chi connectivity index (χ3n) is 3.94. The molecule has 0 saturated carbocycles. The normalized spacial score (nSPS) is 11.2. The maximum Gasteiger partial charge on any atom is 0.329 e. The summed E-state index contributed by atoms with van der Waals surface area (Å²) < 4.78 is 42.7. The molecule has 0 saturated heterocycles. The number of aliphatic carboxylic acids is 1. The van der Waals surface area contributed by atoms with Crippen molar-refractivity contribution in [2.45, 2.75) is 6.61 Å². The Balaban J connectivity index is 1.65. The predicted octanol–water partition coefficient (Wildman–Crippen LogP) is 1.40. The van der Waals surface area contributed by atoms with Crippen molar-refractivity contribution in [3.05, 3.63) is 35.9 Å². The van der Waals surface area contributed by atoms with E-state index in [4.69, 9.17) is 43.0 Å². The molecule has 1 aromatic carbocycles. The molecular formula is C23H38O10. The lowest BCUT2D eigenvalue weighted by molar-refractivity contribution is -0.142. The summed E-state index contributed by atoms with van der Waals surface area (Å²) in [5, 5.41) is 8.39. The van der Waals surface area contributed by atoms with Crippen LogP contribution in [0.2, 0.25) is 0 Å². The van der Waals surface area contributed by atoms with Crippen LogP contribution in [0.25, 0.3) is 0 Å². The summed E-state index contributed by atoms with van der Waals surface area (Å²) in [5.41, 5.74) is 1.15. The topological polar surface area (TPSA) is 111 Å². The smallest absolute Gasteiger partial charge is 0.329 e. The zero-order chi connectivity index (χ0) is 23.7. The van der Waals surface area contributed by atoms with Crippen molar-refractivity contribution in [2.24, 2.45) is 0 Å². The number of benzene rings is 1. The van der Waals surface area contributed by atoms with Gasteiger partial charge in [-0.15, -0.1) is 0 Å². The van der Waals surface area contributed by atoms with E-state index in [9.17, 15) is 4.79 Å². The van der Waals surface area contributed by atoms with Crippen LogP contribution < -0.4 is 0 Å². The highest BCUT2D eigenvalue weighted by molar-refractivity contribution is 5.67. The lowest BCUT2D eigenvalue weighted by Gasteiger charge is -2.08. The van der Waals surface area contributed by atoms with Crippen LogP contribution in [0.15, 0.2) is 30.3 Å². The Morgan fingerprint density at radius 1 is 0.515 bits per heavy atom. The quantitative estimate of drug-likeness (QED) is 0.209. The summed E-state index contributed by atoms with van der Waals surface area (Å²) in [6.45, 7) is 6.86. The van der Waals surface area contributed by atoms with Crippen LogP contribution in [-0.2, 0) is 49.3 Å². The molecule has 0 aliphatic rings. The fraction of sp³-hybridized carbons (Fsp3) is 0.696. The first-order chi connectivity index (χ1) is 16.3. The van der Waals surface area contributed by atoms with E-state index in [1.807, 2.05) is 30.3 Å². The molecule has 1 rings (SSSR count). The first kappa shape index (κ1) is 29.4. The van der Waals surface area contributed by atoms with Crippen molar-refractivity contribution in [1.29, 1.82) is 0 Å². The van der Waals surface area contributed by atoms with Crippen molar-refractivity contribution in [3.8, 4) is 0 Å². The van der Waals surface area contributed by atoms with Crippen molar-refractivity contribution >= 4 is 5.97 Å². The number of carboxylic acids is 1. The van der Waals surface area contributed by atoms with Gasteiger partial charge in [0.05, 0.1) is 99.1 Å². The van der Waals surface area contributed by atoms with Gasteiger partial charge in [0, 0.05) is 0 Å². The minimum atomic E-state index is -0.991. The predicted molar refractivity (Wildman–Crippen MR) is 119 cm³/mol. The van der Waals surface area contributed by atoms with Gasteiger partial charge in [-0.3, -0.25) is 0 Å². The Bertz CT molecular complexity index is 543. The zero-order valence-electron chi connectivity index (χ0n) is 19.3. The lowest BCUT2D eigenvalue weighted by atomic mass is 10.2. The van der Waals surface area contributed by atoms with Crippen molar-refractivity contribution < 1.29 is 47.8 Å². The van der Waals surface area contributed by atoms with E-state index in [2.05, 4.69) is 0 Å². The molecule has 0 heterocycles. The largest absolute Gasteiger partial charge is 0.480 e. The van der Waals surface area contributed by atoms with Crippen LogP contribution in [0, 0.1) is 0 Å². The Kier molecular flexibility index (Phi) is 21.0. The fourth-order valence-electron chi connectivity index (χ4n) is 2.36. The van der Waals surface area contributed by atoms with Gasteiger partial charge in [-0.2, -0.15) is 0 Å². The lowest BCUT2D eigenvalue weighted by Crippen LogP contribution is -2.15. The highest BCUT2D eigenvalue weighted by Crippen LogP contribution is 1.99. The van der Waals surface area contributed by atoms with Crippen LogP contribution in [-0.4, -0.2) is 110 Å². The minimum Gasteiger partial charge on any atom is -0.480 e. The SMILES string of the molecule is O=C(O)COCCOCCOCCOCCOCCOCCOCCOCc1ccccc1. The standard InChI is InChI=1S/C23H38O10/c24-23(25)21-33-19-17-31-15-13-29-11-9-27-7-6-26-8-10-28-12-14-30-16-18-32-20-22-4-2-1-3-5-22/h1-5H,6-21H2,(H,24,25). The van der Waals surface area contributed by atoms with Crippen LogP contribution >= 0.6 is 0 Å². The van der Waals surface area contributed by atoms with E-state index in [-0.39, 0.29) is 13.2 Å². The van der Waals surface area contributed by atoms with E-state index in [1.54, 1.807) is 0 Å². The van der Waals surface area contributed by atoms with E-state index in [0.29, 0.717) is 92.5 Å². The number of hydrogen-bond donors (Lipinski definition) is 1. The number of carboxylic acid groups (broad SMARTS) is 1. The number of rotatable bonds is 25. The van der Waals surface area contributed by atoms with Gasteiger partial charge in [0.1, 0.15) is 6.61 Å². The Morgan fingerprint density at radius 3 is 1.21 bits per heavy atom. The fourth-order valence-corrected chi connectivity index (χ4v) is 2.36. The summed E-state index contributed by atoms with van der Waals surface area (Å²) in [6.07, 6.45) is 0. The van der Waals surface area contributed by atoms with E-state index in [0.717, 1.165) is 5.56 Å². The molecule has 0 unspecified atom stereocenters. The molecule has 1 N–H and O–H groups in total. The molecule has 33 heavy (non-hydrogen) atoms. The van der Waals surface area contributed by atoms with Gasteiger partial charge in [0.25, 0.3) is 0 Å². The number of hydrogen-bond acceptors (Lipinski definition) is 9. The molecular weight excluding hydrogens is 436 g/mol. The zero-order valence-corrected chi connectivity index (χ0v) is 19.3. The summed E-state index contributed by atoms with van der Waals surface area (Å²) in [5.74, 6) is -0.991. The number of carbonyl (C=O) groups is 1. The summed E-state index contributed by atoms with van der Waals surface area (Å²) in [7, 11) is 0. The highest BCUT2D eigenvalue weighted by Gasteiger charge is 1.97. The molecule has 0 aliphatic carbocycles. The molecule has 0 aromatic heterocycles. The average Bonchev–Trinajstić information content (AvgIpc) is 2.82. The molecule has 0 radical (unpaired) electrons. The van der Waals surface area contributed by atoms with E-state index < -0.39 is 5.97 Å². The minimum absolute atomic E-state index is 0.249. The third kappa shape index (κ3) is 22.0. The molecule has 190 valence electrons. The van der Waals surface area contributed by atoms with Crippen LogP contribution in [0.4, 0.5) is 0 Å². The molecule has 0 bridgehead atoms. The second kappa shape index (κ2) is 23.5. The first-order valence-corrected chi connectivity index (χ1v) is 11.2. The molecule has 0 atom stereocenters. The highest BCUT2D eigenvalue weighted by atomic mass is 16.6. The van der Waals surface area contributed by atoms with Gasteiger partial charge in [-0.05, 0) is 5.56 Å². The van der Waals surface area contributed by atoms with E-state index >= 15 is 0 Å². The van der Waals surface area contributed by atoms with Crippen LogP contribution in [0.1, 0.15) is 5.56 Å². The van der Waals surface area contributed by atoms with Gasteiger partial charge in [0.15, 0.2) is 0 Å². The van der Waals surface area contributed by atoms with Gasteiger partial charge in [-0.25, -0.2) is 4.79 Å². The molecule has 0 amide bonds. The van der Waals surface area contributed by atoms with Crippen molar-refractivity contribution in [3.63, 3.8) is 0 Å². The summed E-state index contributed by atoms with van der Waals surface area (Å²) in [4.78, 5) is 10.2. The third-order valence-corrected chi connectivity index (χ3v) is 3.94. The van der Waals surface area contributed by atoms with Crippen molar-refractivity contribution in [1.82, 2.24) is 0 Å². The molecule has 0 fully saturated rings. The Labute approximate surface area is 195 Å². The van der Waals surface area contributed by atoms with Crippen molar-refractivity contribution in [2.75, 3.05) is 99.1 Å². The maximum atomic E-state index is 10.2. The molecule has 10 nitrogen and oxygen atoms in total. The van der Waals surface area contributed by atoms with Crippen LogP contribution in [0.3, 0.4) is 0 Å². The molecule has 0 aliphatic heterocycles.